The van der Waals surface area contributed by atoms with Gasteiger partial charge in [-0.1, -0.05) is 0 Å². The predicted octanol–water partition coefficient (Wildman–Crippen LogP) is 5.13. The summed E-state index contributed by atoms with van der Waals surface area (Å²) in [5.41, 5.74) is -0.429. The lowest BCUT2D eigenvalue weighted by molar-refractivity contribution is 0.0968. The van der Waals surface area contributed by atoms with Crippen molar-refractivity contribution in [2.45, 2.75) is 45.1 Å². The second-order valence-corrected chi connectivity index (χ2v) is 8.72. The summed E-state index contributed by atoms with van der Waals surface area (Å²) < 4.78 is 48.9. The number of benzene rings is 1. The van der Waals surface area contributed by atoms with E-state index in [1.54, 1.807) is 14.0 Å². The van der Waals surface area contributed by atoms with Crippen LogP contribution in [0.2, 0.25) is 0 Å². The van der Waals surface area contributed by atoms with Crippen LogP contribution in [0.1, 0.15) is 44.0 Å². The fraction of sp³-hybridized carbons (Fsp3) is 0.385. The number of ether oxygens (including phenoxy) is 1. The molecule has 0 amide bonds. The molecule has 0 bridgehead atoms. The van der Waals surface area contributed by atoms with Crippen molar-refractivity contribution < 1.29 is 17.9 Å². The molecule has 0 atom stereocenters. The third-order valence-electron chi connectivity index (χ3n) is 6.01. The molecule has 4 aromatic rings. The van der Waals surface area contributed by atoms with E-state index in [9.17, 15) is 18.0 Å². The molecule has 1 aromatic carbocycles. The Morgan fingerprint density at radius 1 is 1.00 bits per heavy atom. The molecule has 10 heteroatoms. The van der Waals surface area contributed by atoms with Gasteiger partial charge >= 0.3 is 0 Å². The second kappa shape index (κ2) is 11.5. The summed E-state index contributed by atoms with van der Waals surface area (Å²) in [5, 5.41) is 4.32. The van der Waals surface area contributed by atoms with Crippen LogP contribution in [-0.2, 0) is 11.8 Å². The number of nitrogens with zero attached hydrogens (tertiary/aromatic N) is 5. The summed E-state index contributed by atoms with van der Waals surface area (Å²) in [5.74, 6) is -3.06. The summed E-state index contributed by atoms with van der Waals surface area (Å²) in [4.78, 5) is 20.4. The number of pyridine rings is 1. The molecule has 2 fully saturated rings. The van der Waals surface area contributed by atoms with Gasteiger partial charge in [0.1, 0.15) is 17.2 Å². The molecule has 0 radical (unpaired) electrons. The first kappa shape index (κ1) is 25.6. The van der Waals surface area contributed by atoms with E-state index in [-0.39, 0.29) is 27.7 Å². The first-order chi connectivity index (χ1) is 17.4. The largest absolute Gasteiger partial charge is 0.381 e. The number of aryl methyl sites for hydroxylation is 1. The lowest BCUT2D eigenvalue weighted by atomic mass is 10.1. The van der Waals surface area contributed by atoms with Crippen LogP contribution < -0.4 is 5.56 Å². The van der Waals surface area contributed by atoms with Gasteiger partial charge in [0.15, 0.2) is 11.6 Å². The Kier molecular flexibility index (Phi) is 8.14. The third-order valence-corrected chi connectivity index (χ3v) is 6.01. The minimum atomic E-state index is -1.29. The third kappa shape index (κ3) is 5.99. The van der Waals surface area contributed by atoms with Gasteiger partial charge in [-0.05, 0) is 57.2 Å². The highest BCUT2D eigenvalue weighted by atomic mass is 19.2. The molecular formula is C26H28F3N5O2. The molecule has 2 aliphatic rings. The van der Waals surface area contributed by atoms with Crippen LogP contribution >= 0.6 is 0 Å². The molecule has 1 saturated carbocycles. The van der Waals surface area contributed by atoms with Crippen LogP contribution in [0.25, 0.3) is 22.2 Å². The topological polar surface area (TPSA) is 74.8 Å². The van der Waals surface area contributed by atoms with E-state index in [2.05, 4.69) is 15.1 Å². The first-order valence-electron chi connectivity index (χ1n) is 11.9. The zero-order valence-corrected chi connectivity index (χ0v) is 20.3. The highest BCUT2D eigenvalue weighted by Gasteiger charge is 2.23. The molecule has 190 valence electrons. The van der Waals surface area contributed by atoms with Gasteiger partial charge in [-0.2, -0.15) is 5.10 Å². The van der Waals surface area contributed by atoms with E-state index in [1.807, 2.05) is 23.1 Å². The Bertz CT molecular complexity index is 1370. The zero-order chi connectivity index (χ0) is 25.7. The van der Waals surface area contributed by atoms with Crippen molar-refractivity contribution in [3.05, 3.63) is 76.5 Å². The summed E-state index contributed by atoms with van der Waals surface area (Å²) in [6.45, 7) is 3.61. The molecule has 0 spiro atoms. The first-order valence-corrected chi connectivity index (χ1v) is 11.9. The van der Waals surface area contributed by atoms with E-state index in [0.717, 1.165) is 19.3 Å². The maximum atomic E-state index is 14.0. The molecule has 1 saturated heterocycles. The highest BCUT2D eigenvalue weighted by molar-refractivity contribution is 5.90. The Labute approximate surface area is 206 Å². The smallest absolute Gasteiger partial charge is 0.261 e. The quantitative estimate of drug-likeness (QED) is 0.358. The fourth-order valence-electron chi connectivity index (χ4n) is 3.73. The summed E-state index contributed by atoms with van der Waals surface area (Å²) >= 11 is 0. The maximum absolute atomic E-state index is 14.0. The molecule has 4 heterocycles. The maximum Gasteiger partial charge on any atom is 0.261 e. The summed E-state index contributed by atoms with van der Waals surface area (Å²) in [6, 6.07) is 5.31. The van der Waals surface area contributed by atoms with Crippen LogP contribution in [0.5, 0.6) is 0 Å². The van der Waals surface area contributed by atoms with Crippen LogP contribution in [0, 0.1) is 24.4 Å². The van der Waals surface area contributed by atoms with Gasteiger partial charge in [-0.3, -0.25) is 19.0 Å². The van der Waals surface area contributed by atoms with Gasteiger partial charge in [0.25, 0.3) is 5.56 Å². The molecule has 0 N–H and O–H groups in total. The average Bonchev–Trinajstić information content (AvgIpc) is 3.60. The lowest BCUT2D eigenvalue weighted by Gasteiger charge is -2.09. The standard InChI is InChI=1S/C15H10F3N3O.C6H8N2.C5H10O/c1-7-20-14-8(15(22)21(7)2)3-4-19-13(14)9-5-11(17)12(18)6-10(9)16;1-4-7-8(5-1)6-2-3-6;1-2-4-6-5-3-1/h3-6H,1-2H3;1,4-6H,2-3H2;1-5H2. The van der Waals surface area contributed by atoms with E-state index < -0.39 is 17.5 Å². The monoisotopic (exact) mass is 499 g/mol. The van der Waals surface area contributed by atoms with Crippen LogP contribution in [-0.4, -0.2) is 37.5 Å². The van der Waals surface area contributed by atoms with Crippen molar-refractivity contribution >= 4 is 10.9 Å². The molecule has 1 aliphatic heterocycles. The van der Waals surface area contributed by atoms with Crippen molar-refractivity contribution in [3.8, 4) is 11.3 Å². The summed E-state index contributed by atoms with van der Waals surface area (Å²) in [6.07, 6.45) is 11.7. The summed E-state index contributed by atoms with van der Waals surface area (Å²) in [7, 11) is 1.56. The van der Waals surface area contributed by atoms with Crippen molar-refractivity contribution in [1.29, 1.82) is 0 Å². The molecule has 6 rings (SSSR count). The van der Waals surface area contributed by atoms with Crippen molar-refractivity contribution in [1.82, 2.24) is 24.3 Å². The van der Waals surface area contributed by atoms with Crippen LogP contribution in [0.3, 0.4) is 0 Å². The predicted molar refractivity (Wildman–Crippen MR) is 130 cm³/mol. The number of hydrogen-bond donors (Lipinski definition) is 0. The Hall–Kier alpha value is -3.53. The van der Waals surface area contributed by atoms with E-state index in [4.69, 9.17) is 4.74 Å². The molecular weight excluding hydrogens is 471 g/mol. The second-order valence-electron chi connectivity index (χ2n) is 8.72. The lowest BCUT2D eigenvalue weighted by Crippen LogP contribution is -2.21. The van der Waals surface area contributed by atoms with Crippen LogP contribution in [0.15, 0.2) is 47.7 Å². The molecule has 1 aliphatic carbocycles. The van der Waals surface area contributed by atoms with E-state index in [1.165, 1.54) is 48.9 Å². The SMILES string of the molecule is C1CCOCC1.Cc1nc2c(-c3cc(F)c(F)cc3F)nccc2c(=O)n1C.c1cnn(C2CC2)c1. The van der Waals surface area contributed by atoms with Gasteiger partial charge in [0.2, 0.25) is 0 Å². The fourth-order valence-corrected chi connectivity index (χ4v) is 3.73. The number of aromatic nitrogens is 5. The van der Waals surface area contributed by atoms with Gasteiger partial charge in [0.05, 0.1) is 17.1 Å². The normalized spacial score (nSPS) is 15.0. The highest BCUT2D eigenvalue weighted by Crippen LogP contribution is 2.33. The van der Waals surface area contributed by atoms with Crippen molar-refractivity contribution in [3.63, 3.8) is 0 Å². The molecule has 0 unspecified atom stereocenters. The Morgan fingerprint density at radius 3 is 2.31 bits per heavy atom. The van der Waals surface area contributed by atoms with Gasteiger partial charge in [-0.15, -0.1) is 0 Å². The molecule has 3 aromatic heterocycles. The number of rotatable bonds is 2. The van der Waals surface area contributed by atoms with Crippen LogP contribution in [0.4, 0.5) is 13.2 Å². The number of halogens is 3. The molecule has 36 heavy (non-hydrogen) atoms. The average molecular weight is 500 g/mol. The minimum Gasteiger partial charge on any atom is -0.381 e. The Balaban J connectivity index is 0.000000174. The number of hydrogen-bond acceptors (Lipinski definition) is 5. The van der Waals surface area contributed by atoms with E-state index >= 15 is 0 Å². The van der Waals surface area contributed by atoms with Gasteiger partial charge < -0.3 is 4.74 Å². The number of fused-ring (bicyclic) bond motifs is 1. The molecule has 7 nitrogen and oxygen atoms in total. The van der Waals surface area contributed by atoms with Crippen molar-refractivity contribution in [2.75, 3.05) is 13.2 Å². The van der Waals surface area contributed by atoms with E-state index in [0.29, 0.717) is 18.0 Å². The van der Waals surface area contributed by atoms with Crippen molar-refractivity contribution in [2.24, 2.45) is 7.05 Å². The van der Waals surface area contributed by atoms with Gasteiger partial charge in [-0.25, -0.2) is 18.2 Å². The zero-order valence-electron chi connectivity index (χ0n) is 20.3. The van der Waals surface area contributed by atoms with Gasteiger partial charge in [0, 0.05) is 50.5 Å². The minimum absolute atomic E-state index is 0.00491. The Morgan fingerprint density at radius 2 is 1.72 bits per heavy atom.